The van der Waals surface area contributed by atoms with Gasteiger partial charge in [0.1, 0.15) is 12.4 Å². The highest BCUT2D eigenvalue weighted by atomic mass is 19.4. The first-order chi connectivity index (χ1) is 12.9. The summed E-state index contributed by atoms with van der Waals surface area (Å²) in [6, 6.07) is 14.5. The van der Waals surface area contributed by atoms with Crippen molar-refractivity contribution in [2.45, 2.75) is 32.2 Å². The van der Waals surface area contributed by atoms with Crippen molar-refractivity contribution in [3.05, 3.63) is 65.2 Å². The zero-order valence-electron chi connectivity index (χ0n) is 15.0. The number of amides is 1. The first kappa shape index (κ1) is 20.8. The van der Waals surface area contributed by atoms with Crippen molar-refractivity contribution in [1.82, 2.24) is 5.32 Å². The van der Waals surface area contributed by atoms with Crippen molar-refractivity contribution in [2.75, 3.05) is 13.7 Å². The largest absolute Gasteiger partial charge is 0.497 e. The fraction of sp³-hybridized carbons (Fsp3) is 0.350. The third-order valence-corrected chi connectivity index (χ3v) is 3.85. The third kappa shape index (κ3) is 8.13. The molecule has 0 aliphatic heterocycles. The summed E-state index contributed by atoms with van der Waals surface area (Å²) < 4.78 is 45.8. The van der Waals surface area contributed by atoms with E-state index in [0.717, 1.165) is 16.9 Å². The number of hydrogen-bond donors (Lipinski definition) is 1. The van der Waals surface area contributed by atoms with Gasteiger partial charge in [0.15, 0.2) is 0 Å². The van der Waals surface area contributed by atoms with Crippen molar-refractivity contribution in [2.24, 2.45) is 0 Å². The Hall–Kier alpha value is -2.54. The van der Waals surface area contributed by atoms with Crippen LogP contribution in [0.4, 0.5) is 13.2 Å². The molecule has 0 spiro atoms. The molecule has 27 heavy (non-hydrogen) atoms. The Balaban J connectivity index is 1.69. The van der Waals surface area contributed by atoms with E-state index < -0.39 is 12.8 Å². The molecule has 7 heteroatoms. The highest BCUT2D eigenvalue weighted by molar-refractivity contribution is 5.76. The van der Waals surface area contributed by atoms with E-state index in [2.05, 4.69) is 10.1 Å². The van der Waals surface area contributed by atoms with Crippen LogP contribution in [-0.4, -0.2) is 25.8 Å². The second-order valence-electron chi connectivity index (χ2n) is 6.05. The fourth-order valence-corrected chi connectivity index (χ4v) is 2.38. The molecule has 146 valence electrons. The lowest BCUT2D eigenvalue weighted by atomic mass is 10.1. The molecule has 0 unspecified atom stereocenters. The standard InChI is InChI=1S/C20H22F3NO3/c1-26-18-9-6-15(7-10-18)8-11-19(25)24-12-16-2-4-17(5-3-16)13-27-14-20(21,22)23/h2-7,9-10H,8,11-14H2,1H3,(H,24,25). The fourth-order valence-electron chi connectivity index (χ4n) is 2.38. The molecule has 1 amide bonds. The zero-order valence-corrected chi connectivity index (χ0v) is 15.0. The van der Waals surface area contributed by atoms with Gasteiger partial charge in [0, 0.05) is 13.0 Å². The molecule has 0 fully saturated rings. The summed E-state index contributed by atoms with van der Waals surface area (Å²) >= 11 is 0. The SMILES string of the molecule is COc1ccc(CCC(=O)NCc2ccc(COCC(F)(F)F)cc2)cc1. The number of nitrogens with one attached hydrogen (secondary N) is 1. The van der Waals surface area contributed by atoms with Gasteiger partial charge in [0.05, 0.1) is 13.7 Å². The van der Waals surface area contributed by atoms with Gasteiger partial charge in [-0.3, -0.25) is 4.79 Å². The molecule has 2 rings (SSSR count). The van der Waals surface area contributed by atoms with Crippen LogP contribution in [0.1, 0.15) is 23.1 Å². The summed E-state index contributed by atoms with van der Waals surface area (Å²) in [6.07, 6.45) is -3.32. The molecular weight excluding hydrogens is 359 g/mol. The molecular formula is C20H22F3NO3. The van der Waals surface area contributed by atoms with Crippen LogP contribution in [0.3, 0.4) is 0 Å². The molecule has 1 N–H and O–H groups in total. The lowest BCUT2D eigenvalue weighted by molar-refractivity contribution is -0.176. The van der Waals surface area contributed by atoms with Gasteiger partial charge >= 0.3 is 6.18 Å². The van der Waals surface area contributed by atoms with Crippen LogP contribution in [0, 0.1) is 0 Å². The van der Waals surface area contributed by atoms with Crippen LogP contribution in [0.2, 0.25) is 0 Å². The van der Waals surface area contributed by atoms with Crippen LogP contribution in [0.5, 0.6) is 5.75 Å². The van der Waals surface area contributed by atoms with Gasteiger partial charge in [-0.2, -0.15) is 13.2 Å². The second kappa shape index (κ2) is 9.97. The van der Waals surface area contributed by atoms with Crippen LogP contribution in [0.15, 0.2) is 48.5 Å². The number of hydrogen-bond acceptors (Lipinski definition) is 3. The predicted molar refractivity (Wildman–Crippen MR) is 95.3 cm³/mol. The van der Waals surface area contributed by atoms with Gasteiger partial charge in [-0.05, 0) is 35.2 Å². The number of benzene rings is 2. The normalized spacial score (nSPS) is 11.3. The van der Waals surface area contributed by atoms with Crippen molar-refractivity contribution < 1.29 is 27.4 Å². The molecule has 0 saturated carbocycles. The molecule has 0 atom stereocenters. The smallest absolute Gasteiger partial charge is 0.411 e. The Labute approximate surface area is 156 Å². The number of halogens is 3. The minimum absolute atomic E-state index is 0.0663. The lowest BCUT2D eigenvalue weighted by Crippen LogP contribution is -2.23. The van der Waals surface area contributed by atoms with Crippen molar-refractivity contribution in [1.29, 1.82) is 0 Å². The van der Waals surface area contributed by atoms with Crippen LogP contribution in [-0.2, 0) is 29.1 Å². The number of carbonyl (C=O) groups excluding carboxylic acids is 1. The van der Waals surface area contributed by atoms with E-state index >= 15 is 0 Å². The van der Waals surface area contributed by atoms with Crippen molar-refractivity contribution in [3.8, 4) is 5.75 Å². The average Bonchev–Trinajstić information content (AvgIpc) is 2.65. The number of methoxy groups -OCH3 is 1. The third-order valence-electron chi connectivity index (χ3n) is 3.85. The van der Waals surface area contributed by atoms with E-state index in [1.54, 1.807) is 31.4 Å². The van der Waals surface area contributed by atoms with Gasteiger partial charge in [-0.25, -0.2) is 0 Å². The Kier molecular flexibility index (Phi) is 7.67. The van der Waals surface area contributed by atoms with E-state index in [-0.39, 0.29) is 12.5 Å². The minimum Gasteiger partial charge on any atom is -0.497 e. The Morgan fingerprint density at radius 3 is 2.15 bits per heavy atom. The summed E-state index contributed by atoms with van der Waals surface area (Å²) in [4.78, 5) is 12.0. The van der Waals surface area contributed by atoms with E-state index in [0.29, 0.717) is 24.9 Å². The number of rotatable bonds is 9. The van der Waals surface area contributed by atoms with Crippen molar-refractivity contribution >= 4 is 5.91 Å². The molecule has 0 radical (unpaired) electrons. The van der Waals surface area contributed by atoms with Gasteiger partial charge < -0.3 is 14.8 Å². The highest BCUT2D eigenvalue weighted by Gasteiger charge is 2.27. The molecule has 4 nitrogen and oxygen atoms in total. The maximum Gasteiger partial charge on any atom is 0.411 e. The van der Waals surface area contributed by atoms with Gasteiger partial charge in [0.2, 0.25) is 5.91 Å². The Morgan fingerprint density at radius 2 is 1.56 bits per heavy atom. The topological polar surface area (TPSA) is 47.6 Å². The van der Waals surface area contributed by atoms with Gasteiger partial charge in [-0.15, -0.1) is 0 Å². The van der Waals surface area contributed by atoms with Gasteiger partial charge in [0.25, 0.3) is 0 Å². The first-order valence-corrected chi connectivity index (χ1v) is 8.47. The number of alkyl halides is 3. The second-order valence-corrected chi connectivity index (χ2v) is 6.05. The minimum atomic E-state index is -4.32. The lowest BCUT2D eigenvalue weighted by Gasteiger charge is -2.09. The van der Waals surface area contributed by atoms with E-state index in [1.807, 2.05) is 24.3 Å². The number of aryl methyl sites for hydroxylation is 1. The molecule has 0 aliphatic carbocycles. The van der Waals surface area contributed by atoms with Gasteiger partial charge in [-0.1, -0.05) is 36.4 Å². The summed E-state index contributed by atoms with van der Waals surface area (Å²) in [5, 5.41) is 2.83. The monoisotopic (exact) mass is 381 g/mol. The average molecular weight is 381 g/mol. The summed E-state index contributed by atoms with van der Waals surface area (Å²) in [5.41, 5.74) is 2.57. The predicted octanol–water partition coefficient (Wildman–Crippen LogP) is 4.02. The molecule has 2 aromatic carbocycles. The van der Waals surface area contributed by atoms with E-state index in [4.69, 9.17) is 4.74 Å². The molecule has 0 aliphatic rings. The molecule has 0 aromatic heterocycles. The maximum atomic E-state index is 12.0. The first-order valence-electron chi connectivity index (χ1n) is 8.47. The molecule has 2 aromatic rings. The van der Waals surface area contributed by atoms with Crippen LogP contribution >= 0.6 is 0 Å². The zero-order chi connectivity index (χ0) is 19.7. The maximum absolute atomic E-state index is 12.0. The van der Waals surface area contributed by atoms with Crippen LogP contribution in [0.25, 0.3) is 0 Å². The quantitative estimate of drug-likeness (QED) is 0.714. The van der Waals surface area contributed by atoms with E-state index in [9.17, 15) is 18.0 Å². The summed E-state index contributed by atoms with van der Waals surface area (Å²) in [7, 11) is 1.60. The van der Waals surface area contributed by atoms with Crippen molar-refractivity contribution in [3.63, 3.8) is 0 Å². The highest BCUT2D eigenvalue weighted by Crippen LogP contribution is 2.16. The Bertz CT molecular complexity index is 713. The summed E-state index contributed by atoms with van der Waals surface area (Å²) in [6.45, 7) is -1.00. The molecule has 0 heterocycles. The summed E-state index contributed by atoms with van der Waals surface area (Å²) in [5.74, 6) is 0.707. The Morgan fingerprint density at radius 1 is 0.963 bits per heavy atom. The van der Waals surface area contributed by atoms with Crippen LogP contribution < -0.4 is 10.1 Å². The molecule has 0 bridgehead atoms. The number of carbonyl (C=O) groups is 1. The number of ether oxygens (including phenoxy) is 2. The molecule has 0 saturated heterocycles. The van der Waals surface area contributed by atoms with E-state index in [1.165, 1.54) is 0 Å².